The van der Waals surface area contributed by atoms with Gasteiger partial charge >= 0.3 is 11.8 Å². The van der Waals surface area contributed by atoms with Crippen molar-refractivity contribution in [1.82, 2.24) is 10.2 Å². The van der Waals surface area contributed by atoms with Crippen LogP contribution >= 0.6 is 0 Å². The summed E-state index contributed by atoms with van der Waals surface area (Å²) in [7, 11) is 0. The first kappa shape index (κ1) is 14.4. The number of nitrogens with one attached hydrogen (secondary N) is 2. The molecule has 1 aromatic carbocycles. The largest absolute Gasteiger partial charge is 0.347 e. The number of carbonyl (C=O) groups excluding carboxylic acids is 3. The molecule has 6 nitrogen and oxygen atoms in total. The Bertz CT molecular complexity index is 671. The normalized spacial score (nSPS) is 18.8. The van der Waals surface area contributed by atoms with Gasteiger partial charge in [-0.25, -0.2) is 8.78 Å². The number of hydrogen-bond donors (Lipinski definition) is 2. The van der Waals surface area contributed by atoms with Crippen molar-refractivity contribution in [3.63, 3.8) is 0 Å². The third-order valence-electron chi connectivity index (χ3n) is 3.90. The van der Waals surface area contributed by atoms with Gasteiger partial charge in [-0.2, -0.15) is 0 Å². The lowest BCUT2D eigenvalue weighted by atomic mass is 9.88. The lowest BCUT2D eigenvalue weighted by Gasteiger charge is -2.47. The fourth-order valence-electron chi connectivity index (χ4n) is 2.76. The second-order valence-electron chi connectivity index (χ2n) is 5.55. The van der Waals surface area contributed by atoms with E-state index in [1.54, 1.807) is 0 Å². The number of halogens is 2. The summed E-state index contributed by atoms with van der Waals surface area (Å²) >= 11 is 0. The van der Waals surface area contributed by atoms with E-state index in [2.05, 4.69) is 10.6 Å². The van der Waals surface area contributed by atoms with E-state index in [1.807, 2.05) is 0 Å². The zero-order chi connectivity index (χ0) is 15.9. The molecule has 8 heteroatoms. The zero-order valence-corrected chi connectivity index (χ0v) is 11.5. The first-order chi connectivity index (χ1) is 10.4. The minimum Gasteiger partial charge on any atom is -0.347 e. The van der Waals surface area contributed by atoms with E-state index < -0.39 is 29.0 Å². The van der Waals surface area contributed by atoms with E-state index in [0.29, 0.717) is 12.8 Å². The Hall–Kier alpha value is -2.51. The van der Waals surface area contributed by atoms with Gasteiger partial charge in [0, 0.05) is 19.5 Å². The van der Waals surface area contributed by atoms with Gasteiger partial charge in [-0.1, -0.05) is 6.07 Å². The lowest BCUT2D eigenvalue weighted by Crippen LogP contribution is -2.69. The van der Waals surface area contributed by atoms with E-state index in [0.717, 1.165) is 6.07 Å². The smallest absolute Gasteiger partial charge is 0.313 e. The van der Waals surface area contributed by atoms with E-state index in [1.165, 1.54) is 17.0 Å². The fraction of sp³-hybridized carbons (Fsp3) is 0.357. The van der Waals surface area contributed by atoms with Crippen LogP contribution in [-0.4, -0.2) is 41.2 Å². The Morgan fingerprint density at radius 2 is 2.00 bits per heavy atom. The van der Waals surface area contributed by atoms with Crippen molar-refractivity contribution in [2.24, 2.45) is 0 Å². The van der Waals surface area contributed by atoms with E-state index in [-0.39, 0.29) is 24.7 Å². The second kappa shape index (κ2) is 5.04. The molecule has 0 bridgehead atoms. The summed E-state index contributed by atoms with van der Waals surface area (Å²) in [6.45, 7) is 0.493. The third kappa shape index (κ3) is 2.40. The molecular formula is C14H13F2N3O3. The van der Waals surface area contributed by atoms with Crippen LogP contribution in [0.15, 0.2) is 18.2 Å². The van der Waals surface area contributed by atoms with Gasteiger partial charge in [-0.3, -0.25) is 14.4 Å². The van der Waals surface area contributed by atoms with Crippen LogP contribution < -0.4 is 10.6 Å². The number of amides is 3. The first-order valence-electron chi connectivity index (χ1n) is 6.75. The molecule has 0 saturated carbocycles. The molecule has 3 amide bonds. The molecule has 2 saturated heterocycles. The van der Waals surface area contributed by atoms with Gasteiger partial charge in [0.1, 0.15) is 0 Å². The molecule has 116 valence electrons. The first-order valence-corrected chi connectivity index (χ1v) is 6.75. The number of carbonyl (C=O) groups is 3. The van der Waals surface area contributed by atoms with Gasteiger partial charge < -0.3 is 15.5 Å². The van der Waals surface area contributed by atoms with Crippen LogP contribution in [0.5, 0.6) is 0 Å². The van der Waals surface area contributed by atoms with Gasteiger partial charge in [0.05, 0.1) is 11.2 Å². The van der Waals surface area contributed by atoms with E-state index in [4.69, 9.17) is 0 Å². The van der Waals surface area contributed by atoms with Crippen LogP contribution in [-0.2, 0) is 14.4 Å². The molecule has 2 heterocycles. The Kier molecular flexibility index (Phi) is 3.31. The number of nitrogens with zero attached hydrogens (tertiary/aromatic N) is 1. The molecule has 0 unspecified atom stereocenters. The zero-order valence-electron chi connectivity index (χ0n) is 11.5. The molecule has 3 rings (SSSR count). The fourth-order valence-corrected chi connectivity index (χ4v) is 2.76. The number of hydrogen-bond acceptors (Lipinski definition) is 3. The molecule has 0 aromatic heterocycles. The average Bonchev–Trinajstić information content (AvgIpc) is 2.84. The Labute approximate surface area is 124 Å². The van der Waals surface area contributed by atoms with Gasteiger partial charge in [-0.05, 0) is 18.6 Å². The van der Waals surface area contributed by atoms with Gasteiger partial charge in [0.15, 0.2) is 11.6 Å². The predicted octanol–water partition coefficient (Wildman–Crippen LogP) is 0.394. The van der Waals surface area contributed by atoms with Crippen LogP contribution in [0.4, 0.5) is 14.5 Å². The summed E-state index contributed by atoms with van der Waals surface area (Å²) in [6, 6.07) is 3.30. The molecule has 0 atom stereocenters. The van der Waals surface area contributed by atoms with Crippen molar-refractivity contribution < 1.29 is 23.2 Å². The maximum absolute atomic E-state index is 13.4. The number of likely N-dealkylation sites (tertiary alicyclic amines) is 1. The minimum atomic E-state index is -1.22. The molecule has 2 fully saturated rings. The minimum absolute atomic E-state index is 0.0709. The van der Waals surface area contributed by atoms with E-state index in [9.17, 15) is 23.2 Å². The highest BCUT2D eigenvalue weighted by Crippen LogP contribution is 2.30. The summed E-state index contributed by atoms with van der Waals surface area (Å²) in [6.07, 6.45) is 1.03. The highest BCUT2D eigenvalue weighted by Gasteiger charge is 2.50. The summed E-state index contributed by atoms with van der Waals surface area (Å²) < 4.78 is 26.5. The molecule has 2 N–H and O–H groups in total. The topological polar surface area (TPSA) is 78.5 Å². The standard InChI is InChI=1S/C14H13F2N3O3/c15-8-2-1-3-9(11(8)16)17-12(21)13(22)19-6-14(7-19)5-4-10(20)18-14/h1-3H,4-7H2,(H,17,21)(H,18,20). The average molecular weight is 309 g/mol. The van der Waals surface area contributed by atoms with Gasteiger partial charge in [-0.15, -0.1) is 0 Å². The maximum atomic E-state index is 13.4. The number of rotatable bonds is 1. The maximum Gasteiger partial charge on any atom is 0.313 e. The van der Waals surface area contributed by atoms with Crippen LogP contribution in [0.25, 0.3) is 0 Å². The second-order valence-corrected chi connectivity index (χ2v) is 5.55. The highest BCUT2D eigenvalue weighted by molar-refractivity contribution is 6.39. The number of anilines is 1. The monoisotopic (exact) mass is 309 g/mol. The van der Waals surface area contributed by atoms with Crippen molar-refractivity contribution >= 4 is 23.4 Å². The summed E-state index contributed by atoms with van der Waals surface area (Å²) in [4.78, 5) is 36.2. The Morgan fingerprint density at radius 1 is 1.27 bits per heavy atom. The van der Waals surface area contributed by atoms with Crippen molar-refractivity contribution in [2.75, 3.05) is 18.4 Å². The van der Waals surface area contributed by atoms with E-state index >= 15 is 0 Å². The van der Waals surface area contributed by atoms with Crippen molar-refractivity contribution in [2.45, 2.75) is 18.4 Å². The van der Waals surface area contributed by atoms with Crippen molar-refractivity contribution in [3.8, 4) is 0 Å². The highest BCUT2D eigenvalue weighted by atomic mass is 19.2. The molecule has 1 spiro atoms. The van der Waals surface area contributed by atoms with Gasteiger partial charge in [0.25, 0.3) is 0 Å². The predicted molar refractivity (Wildman–Crippen MR) is 71.7 cm³/mol. The van der Waals surface area contributed by atoms with Gasteiger partial charge in [0.2, 0.25) is 5.91 Å². The molecular weight excluding hydrogens is 296 g/mol. The SMILES string of the molecule is O=C1CCC2(CN(C(=O)C(=O)Nc3cccc(F)c3F)C2)N1. The summed E-state index contributed by atoms with van der Waals surface area (Å²) in [5.41, 5.74) is -0.820. The summed E-state index contributed by atoms with van der Waals surface area (Å²) in [5.74, 6) is -4.27. The molecule has 2 aliphatic heterocycles. The van der Waals surface area contributed by atoms with Crippen molar-refractivity contribution in [1.29, 1.82) is 0 Å². The van der Waals surface area contributed by atoms with Crippen molar-refractivity contribution in [3.05, 3.63) is 29.8 Å². The third-order valence-corrected chi connectivity index (χ3v) is 3.90. The van der Waals surface area contributed by atoms with Crippen LogP contribution in [0, 0.1) is 11.6 Å². The Morgan fingerprint density at radius 3 is 2.64 bits per heavy atom. The molecule has 22 heavy (non-hydrogen) atoms. The lowest BCUT2D eigenvalue weighted by molar-refractivity contribution is -0.149. The molecule has 0 aliphatic carbocycles. The molecule has 0 radical (unpaired) electrons. The van der Waals surface area contributed by atoms with Crippen LogP contribution in [0.2, 0.25) is 0 Å². The number of benzene rings is 1. The quantitative estimate of drug-likeness (QED) is 0.737. The van der Waals surface area contributed by atoms with Crippen LogP contribution in [0.1, 0.15) is 12.8 Å². The molecule has 1 aromatic rings. The summed E-state index contributed by atoms with van der Waals surface area (Å²) in [5, 5.41) is 4.84. The molecule has 2 aliphatic rings. The van der Waals surface area contributed by atoms with Crippen LogP contribution in [0.3, 0.4) is 0 Å². The Balaban J connectivity index is 1.61.